The first-order valence-electron chi connectivity index (χ1n) is 6.84. The summed E-state index contributed by atoms with van der Waals surface area (Å²) in [5.74, 6) is 0.509. The van der Waals surface area contributed by atoms with Gasteiger partial charge in [0.05, 0.1) is 12.0 Å². The molecule has 2 nitrogen and oxygen atoms in total. The van der Waals surface area contributed by atoms with Crippen LogP contribution in [0.1, 0.15) is 31.4 Å². The summed E-state index contributed by atoms with van der Waals surface area (Å²) in [6.45, 7) is 5.04. The van der Waals surface area contributed by atoms with Crippen LogP contribution in [0, 0.1) is 23.2 Å². The van der Waals surface area contributed by atoms with Gasteiger partial charge in [0.25, 0.3) is 0 Å². The summed E-state index contributed by atoms with van der Waals surface area (Å²) < 4.78 is 0. The zero-order valence-electron chi connectivity index (χ0n) is 11.6. The van der Waals surface area contributed by atoms with Crippen LogP contribution in [0.5, 0.6) is 0 Å². The third kappa shape index (κ3) is 2.67. The van der Waals surface area contributed by atoms with Crippen LogP contribution >= 0.6 is 0 Å². The molecular weight excluding hydrogens is 220 g/mol. The molecule has 0 N–H and O–H groups in total. The van der Waals surface area contributed by atoms with Crippen molar-refractivity contribution in [3.05, 3.63) is 29.3 Å². The summed E-state index contributed by atoms with van der Waals surface area (Å²) in [6.07, 6.45) is 3.73. The van der Waals surface area contributed by atoms with Gasteiger partial charge in [-0.2, -0.15) is 5.26 Å². The van der Waals surface area contributed by atoms with Gasteiger partial charge < -0.3 is 4.90 Å². The lowest BCUT2D eigenvalue weighted by Gasteiger charge is -2.24. The fraction of sp³-hybridized carbons (Fsp3) is 0.562. The molecule has 0 fully saturated rings. The molecule has 0 heterocycles. The molecule has 1 atom stereocenters. The smallest absolute Gasteiger partial charge is 0.0677 e. The highest BCUT2D eigenvalue weighted by Gasteiger charge is 2.17. The average molecular weight is 242 g/mol. The molecule has 1 aliphatic rings. The molecule has 0 saturated carbocycles. The van der Waals surface area contributed by atoms with E-state index in [2.05, 4.69) is 50.1 Å². The summed E-state index contributed by atoms with van der Waals surface area (Å²) >= 11 is 0. The van der Waals surface area contributed by atoms with E-state index in [1.54, 1.807) is 0 Å². The van der Waals surface area contributed by atoms with Crippen molar-refractivity contribution in [2.75, 3.05) is 18.5 Å². The Bertz CT molecular complexity index is 457. The molecule has 0 bridgehead atoms. The second-order valence-electron chi connectivity index (χ2n) is 5.67. The van der Waals surface area contributed by atoms with Crippen LogP contribution in [-0.2, 0) is 12.8 Å². The number of anilines is 1. The Morgan fingerprint density at radius 3 is 2.67 bits per heavy atom. The molecule has 2 heteroatoms. The Morgan fingerprint density at radius 1 is 1.28 bits per heavy atom. The second-order valence-corrected chi connectivity index (χ2v) is 5.67. The van der Waals surface area contributed by atoms with Crippen molar-refractivity contribution in [1.82, 2.24) is 0 Å². The highest BCUT2D eigenvalue weighted by atomic mass is 15.1. The standard InChI is InChI=1S/C16H22N2/c1-12(2)15(10-17)11-18(3)16-8-7-13-5-4-6-14(13)9-16/h7-9,12,15H,4-6,11H2,1-3H3. The van der Waals surface area contributed by atoms with Gasteiger partial charge in [-0.15, -0.1) is 0 Å². The highest BCUT2D eigenvalue weighted by molar-refractivity contribution is 5.51. The van der Waals surface area contributed by atoms with Crippen LogP contribution in [0.15, 0.2) is 18.2 Å². The number of hydrogen-bond acceptors (Lipinski definition) is 2. The summed E-state index contributed by atoms with van der Waals surface area (Å²) in [6, 6.07) is 9.16. The molecule has 0 radical (unpaired) electrons. The first kappa shape index (κ1) is 13.0. The van der Waals surface area contributed by atoms with E-state index in [4.69, 9.17) is 0 Å². The van der Waals surface area contributed by atoms with Crippen molar-refractivity contribution in [1.29, 1.82) is 5.26 Å². The van der Waals surface area contributed by atoms with E-state index < -0.39 is 0 Å². The maximum Gasteiger partial charge on any atom is 0.0677 e. The number of benzene rings is 1. The number of nitrogens with zero attached hydrogens (tertiary/aromatic N) is 2. The fourth-order valence-corrected chi connectivity index (χ4v) is 2.60. The van der Waals surface area contributed by atoms with Crippen LogP contribution in [-0.4, -0.2) is 13.6 Å². The predicted molar refractivity (Wildman–Crippen MR) is 75.7 cm³/mol. The lowest BCUT2D eigenvalue weighted by atomic mass is 9.97. The zero-order valence-corrected chi connectivity index (χ0v) is 11.6. The van der Waals surface area contributed by atoms with Gasteiger partial charge in [-0.25, -0.2) is 0 Å². The lowest BCUT2D eigenvalue weighted by Crippen LogP contribution is -2.27. The molecule has 18 heavy (non-hydrogen) atoms. The highest BCUT2D eigenvalue weighted by Crippen LogP contribution is 2.27. The third-order valence-electron chi connectivity index (χ3n) is 3.96. The third-order valence-corrected chi connectivity index (χ3v) is 3.96. The van der Waals surface area contributed by atoms with E-state index in [1.807, 2.05) is 0 Å². The molecule has 1 unspecified atom stereocenters. The first-order valence-corrected chi connectivity index (χ1v) is 6.84. The Kier molecular flexibility index (Phi) is 3.91. The van der Waals surface area contributed by atoms with Gasteiger partial charge in [0.15, 0.2) is 0 Å². The SMILES string of the molecule is CC(C)C(C#N)CN(C)c1ccc2c(c1)CCC2. The van der Waals surface area contributed by atoms with Crippen molar-refractivity contribution in [2.24, 2.45) is 11.8 Å². The van der Waals surface area contributed by atoms with Crippen molar-refractivity contribution < 1.29 is 0 Å². The van der Waals surface area contributed by atoms with Crippen LogP contribution in [0.4, 0.5) is 5.69 Å². The monoisotopic (exact) mass is 242 g/mol. The molecule has 0 saturated heterocycles. The lowest BCUT2D eigenvalue weighted by molar-refractivity contribution is 0.477. The van der Waals surface area contributed by atoms with Crippen molar-refractivity contribution >= 4 is 5.69 Å². The number of hydrogen-bond donors (Lipinski definition) is 0. The van der Waals surface area contributed by atoms with Gasteiger partial charge in [-0.3, -0.25) is 0 Å². The second kappa shape index (κ2) is 5.44. The van der Waals surface area contributed by atoms with Gasteiger partial charge in [-0.05, 0) is 48.4 Å². The molecule has 1 aromatic carbocycles. The number of aryl methyl sites for hydroxylation is 2. The van der Waals surface area contributed by atoms with Crippen molar-refractivity contribution in [3.63, 3.8) is 0 Å². The normalized spacial score (nSPS) is 15.3. The topological polar surface area (TPSA) is 27.0 Å². The largest absolute Gasteiger partial charge is 0.373 e. The molecular formula is C16H22N2. The zero-order chi connectivity index (χ0) is 13.1. The van der Waals surface area contributed by atoms with Gasteiger partial charge in [-0.1, -0.05) is 19.9 Å². The Hall–Kier alpha value is -1.49. The fourth-order valence-electron chi connectivity index (χ4n) is 2.60. The van der Waals surface area contributed by atoms with E-state index in [9.17, 15) is 5.26 Å². The Labute approximate surface area is 110 Å². The van der Waals surface area contributed by atoms with E-state index in [1.165, 1.54) is 36.1 Å². The minimum atomic E-state index is 0.100. The van der Waals surface area contributed by atoms with Gasteiger partial charge in [0.2, 0.25) is 0 Å². The molecule has 0 spiro atoms. The molecule has 0 amide bonds. The minimum Gasteiger partial charge on any atom is -0.373 e. The number of fused-ring (bicyclic) bond motifs is 1. The molecule has 0 aliphatic heterocycles. The number of nitriles is 1. The molecule has 96 valence electrons. The summed E-state index contributed by atoms with van der Waals surface area (Å²) in [4.78, 5) is 2.21. The minimum absolute atomic E-state index is 0.100. The van der Waals surface area contributed by atoms with Gasteiger partial charge in [0.1, 0.15) is 0 Å². The van der Waals surface area contributed by atoms with Crippen molar-refractivity contribution in [3.8, 4) is 6.07 Å². The number of rotatable bonds is 4. The van der Waals surface area contributed by atoms with Crippen LogP contribution in [0.3, 0.4) is 0 Å². The molecule has 1 aromatic rings. The molecule has 1 aliphatic carbocycles. The molecule has 2 rings (SSSR count). The summed E-state index contributed by atoms with van der Waals surface area (Å²) in [5, 5.41) is 9.17. The van der Waals surface area contributed by atoms with Crippen molar-refractivity contribution in [2.45, 2.75) is 33.1 Å². The van der Waals surface area contributed by atoms with Gasteiger partial charge >= 0.3 is 0 Å². The maximum atomic E-state index is 9.17. The first-order chi connectivity index (χ1) is 8.61. The van der Waals surface area contributed by atoms with Crippen LogP contribution in [0.2, 0.25) is 0 Å². The Morgan fingerprint density at radius 2 is 2.00 bits per heavy atom. The summed E-state index contributed by atoms with van der Waals surface area (Å²) in [7, 11) is 2.09. The van der Waals surface area contributed by atoms with Crippen LogP contribution < -0.4 is 4.90 Å². The van der Waals surface area contributed by atoms with E-state index in [0.29, 0.717) is 5.92 Å². The summed E-state index contributed by atoms with van der Waals surface area (Å²) in [5.41, 5.74) is 4.25. The van der Waals surface area contributed by atoms with Crippen LogP contribution in [0.25, 0.3) is 0 Å². The molecule has 0 aromatic heterocycles. The van der Waals surface area contributed by atoms with E-state index in [-0.39, 0.29) is 5.92 Å². The Balaban J connectivity index is 2.10. The van der Waals surface area contributed by atoms with E-state index >= 15 is 0 Å². The van der Waals surface area contributed by atoms with E-state index in [0.717, 1.165) is 6.54 Å². The van der Waals surface area contributed by atoms with Gasteiger partial charge in [0, 0.05) is 19.3 Å². The quantitative estimate of drug-likeness (QED) is 0.809. The maximum absolute atomic E-state index is 9.17. The predicted octanol–water partition coefficient (Wildman–Crippen LogP) is 3.41. The average Bonchev–Trinajstić information content (AvgIpc) is 2.82.